The first-order valence-electron chi connectivity index (χ1n) is 6.83. The monoisotopic (exact) mass is 301 g/mol. The molecular weight excluding hydrogens is 286 g/mol. The highest BCUT2D eigenvalue weighted by molar-refractivity contribution is 5.43. The van der Waals surface area contributed by atoms with Crippen LogP contribution in [0.2, 0.25) is 0 Å². The van der Waals surface area contributed by atoms with Gasteiger partial charge in [-0.15, -0.1) is 0 Å². The van der Waals surface area contributed by atoms with Crippen molar-refractivity contribution in [2.24, 2.45) is 0 Å². The highest BCUT2D eigenvalue weighted by Crippen LogP contribution is 2.31. The fourth-order valence-electron chi connectivity index (χ4n) is 2.26. The summed E-state index contributed by atoms with van der Waals surface area (Å²) in [5.74, 6) is 2.12. The lowest BCUT2D eigenvalue weighted by atomic mass is 10.2. The molecule has 114 valence electrons. The van der Waals surface area contributed by atoms with E-state index in [2.05, 4.69) is 4.98 Å². The van der Waals surface area contributed by atoms with Gasteiger partial charge in [-0.05, 0) is 18.2 Å². The predicted molar refractivity (Wildman–Crippen MR) is 80.5 cm³/mol. The summed E-state index contributed by atoms with van der Waals surface area (Å²) in [6.07, 6.45) is 1.12. The van der Waals surface area contributed by atoms with Crippen LogP contribution in [-0.4, -0.2) is 36.2 Å². The van der Waals surface area contributed by atoms with Crippen LogP contribution in [0, 0.1) is 10.1 Å². The fraction of sp³-hybridized carbons (Fsp3) is 0.267. The van der Waals surface area contributed by atoms with E-state index in [-0.39, 0.29) is 11.8 Å². The third-order valence-electron chi connectivity index (χ3n) is 3.38. The molecule has 7 nitrogen and oxygen atoms in total. The Hall–Kier alpha value is -2.83. The van der Waals surface area contributed by atoms with Gasteiger partial charge in [0, 0.05) is 13.1 Å². The van der Waals surface area contributed by atoms with E-state index in [1.165, 1.54) is 12.3 Å². The van der Waals surface area contributed by atoms with E-state index in [4.69, 9.17) is 9.47 Å². The number of benzene rings is 1. The van der Waals surface area contributed by atoms with Crippen molar-refractivity contribution in [3.8, 4) is 11.5 Å². The van der Waals surface area contributed by atoms with Crippen molar-refractivity contribution < 1.29 is 14.4 Å². The topological polar surface area (TPSA) is 77.7 Å². The van der Waals surface area contributed by atoms with E-state index in [1.807, 2.05) is 36.2 Å². The molecule has 22 heavy (non-hydrogen) atoms. The van der Waals surface area contributed by atoms with Gasteiger partial charge in [0.05, 0.1) is 11.5 Å². The number of rotatable bonds is 4. The summed E-state index contributed by atoms with van der Waals surface area (Å²) in [5, 5.41) is 10.6. The van der Waals surface area contributed by atoms with Gasteiger partial charge < -0.3 is 14.4 Å². The van der Waals surface area contributed by atoms with Crippen molar-refractivity contribution in [2.45, 2.75) is 6.10 Å². The molecule has 1 aromatic heterocycles. The number of nitro groups is 1. The molecule has 1 aliphatic heterocycles. The Kier molecular flexibility index (Phi) is 3.78. The maximum absolute atomic E-state index is 10.6. The largest absolute Gasteiger partial charge is 0.486 e. The van der Waals surface area contributed by atoms with E-state index in [1.54, 1.807) is 6.07 Å². The minimum Gasteiger partial charge on any atom is -0.486 e. The van der Waals surface area contributed by atoms with Crippen molar-refractivity contribution in [3.63, 3.8) is 0 Å². The summed E-state index contributed by atoms with van der Waals surface area (Å²) >= 11 is 0. The molecule has 1 aliphatic rings. The number of fused-ring (bicyclic) bond motifs is 1. The first-order chi connectivity index (χ1) is 10.6. The molecule has 3 rings (SSSR count). The normalized spacial score (nSPS) is 16.1. The Labute approximate surface area is 127 Å². The Morgan fingerprint density at radius 2 is 2.09 bits per heavy atom. The number of ether oxygens (including phenoxy) is 2. The molecule has 1 atom stereocenters. The van der Waals surface area contributed by atoms with Crippen LogP contribution >= 0.6 is 0 Å². The van der Waals surface area contributed by atoms with Gasteiger partial charge in [-0.25, -0.2) is 4.98 Å². The van der Waals surface area contributed by atoms with E-state index in [0.717, 1.165) is 11.5 Å². The second kappa shape index (κ2) is 5.88. The summed E-state index contributed by atoms with van der Waals surface area (Å²) in [4.78, 5) is 16.1. The van der Waals surface area contributed by atoms with Gasteiger partial charge in [0.15, 0.2) is 17.6 Å². The Bertz CT molecular complexity index is 675. The van der Waals surface area contributed by atoms with Crippen LogP contribution in [0.1, 0.15) is 0 Å². The van der Waals surface area contributed by atoms with Crippen molar-refractivity contribution in [1.82, 2.24) is 4.98 Å². The summed E-state index contributed by atoms with van der Waals surface area (Å²) < 4.78 is 11.5. The molecule has 0 aliphatic carbocycles. The third kappa shape index (κ3) is 2.93. The minimum absolute atomic E-state index is 0.0247. The summed E-state index contributed by atoms with van der Waals surface area (Å²) in [7, 11) is 1.86. The summed E-state index contributed by atoms with van der Waals surface area (Å²) in [6, 6.07) is 10.6. The fourth-order valence-corrected chi connectivity index (χ4v) is 2.26. The molecule has 2 aromatic rings. The number of hydrogen-bond donors (Lipinski definition) is 0. The van der Waals surface area contributed by atoms with Crippen LogP contribution in [0.25, 0.3) is 0 Å². The van der Waals surface area contributed by atoms with Gasteiger partial charge >= 0.3 is 0 Å². The second-order valence-electron chi connectivity index (χ2n) is 5.01. The van der Waals surface area contributed by atoms with Gasteiger partial charge in [0.25, 0.3) is 5.69 Å². The van der Waals surface area contributed by atoms with Crippen LogP contribution < -0.4 is 14.4 Å². The van der Waals surface area contributed by atoms with Crippen LogP contribution in [0.4, 0.5) is 11.5 Å². The number of anilines is 1. The predicted octanol–water partition coefficient (Wildman–Crippen LogP) is 2.27. The molecular formula is C15H15N3O4. The van der Waals surface area contributed by atoms with E-state index in [9.17, 15) is 10.1 Å². The maximum Gasteiger partial charge on any atom is 0.287 e. The van der Waals surface area contributed by atoms with Gasteiger partial charge in [0.1, 0.15) is 18.6 Å². The smallest absolute Gasteiger partial charge is 0.287 e. The lowest BCUT2D eigenvalue weighted by Gasteiger charge is -2.29. The van der Waals surface area contributed by atoms with Crippen molar-refractivity contribution in [3.05, 3.63) is 52.7 Å². The standard InChI is InChI=1S/C15H15N3O4/c1-17(15-7-6-11(8-16-15)18(19)20)9-12-10-21-13-4-2-3-5-14(13)22-12/h2-8,12H,9-10H2,1H3/t12-/m1/s1. The lowest BCUT2D eigenvalue weighted by Crippen LogP contribution is -2.39. The zero-order valence-electron chi connectivity index (χ0n) is 12.0. The molecule has 0 amide bonds. The van der Waals surface area contributed by atoms with Gasteiger partial charge in [-0.2, -0.15) is 0 Å². The zero-order valence-corrected chi connectivity index (χ0v) is 12.0. The van der Waals surface area contributed by atoms with Crippen LogP contribution in [0.3, 0.4) is 0 Å². The van der Waals surface area contributed by atoms with Crippen molar-refractivity contribution in [1.29, 1.82) is 0 Å². The number of likely N-dealkylation sites (N-methyl/N-ethyl adjacent to an activating group) is 1. The average molecular weight is 301 g/mol. The number of hydrogen-bond acceptors (Lipinski definition) is 6. The molecule has 0 fully saturated rings. The van der Waals surface area contributed by atoms with E-state index in [0.29, 0.717) is 19.0 Å². The molecule has 1 aromatic carbocycles. The first-order valence-corrected chi connectivity index (χ1v) is 6.83. The lowest BCUT2D eigenvalue weighted by molar-refractivity contribution is -0.385. The number of nitrogens with zero attached hydrogens (tertiary/aromatic N) is 3. The Morgan fingerprint density at radius 3 is 2.77 bits per heavy atom. The van der Waals surface area contributed by atoms with Crippen molar-refractivity contribution in [2.75, 3.05) is 25.1 Å². The van der Waals surface area contributed by atoms with Crippen LogP contribution in [-0.2, 0) is 0 Å². The number of pyridine rings is 1. The molecule has 2 heterocycles. The van der Waals surface area contributed by atoms with Gasteiger partial charge in [-0.1, -0.05) is 12.1 Å². The van der Waals surface area contributed by atoms with E-state index < -0.39 is 4.92 Å². The molecule has 0 unspecified atom stereocenters. The minimum atomic E-state index is -0.466. The Balaban J connectivity index is 1.65. The molecule has 0 saturated carbocycles. The molecule has 0 N–H and O–H groups in total. The maximum atomic E-state index is 10.6. The summed E-state index contributed by atoms with van der Waals surface area (Å²) in [6.45, 7) is 1.02. The van der Waals surface area contributed by atoms with Gasteiger partial charge in [-0.3, -0.25) is 10.1 Å². The van der Waals surface area contributed by atoms with Crippen LogP contribution in [0.15, 0.2) is 42.6 Å². The SMILES string of the molecule is CN(C[C@@H]1COc2ccccc2O1)c1ccc([N+](=O)[O-])cn1. The summed E-state index contributed by atoms with van der Waals surface area (Å²) in [5.41, 5.74) is -0.0247. The average Bonchev–Trinajstić information content (AvgIpc) is 2.55. The molecule has 0 spiro atoms. The molecule has 7 heteroatoms. The number of aromatic nitrogens is 1. The zero-order chi connectivity index (χ0) is 15.5. The highest BCUT2D eigenvalue weighted by Gasteiger charge is 2.22. The molecule has 0 bridgehead atoms. The van der Waals surface area contributed by atoms with E-state index >= 15 is 0 Å². The van der Waals surface area contributed by atoms with Gasteiger partial charge in [0.2, 0.25) is 0 Å². The molecule has 0 radical (unpaired) electrons. The second-order valence-corrected chi connectivity index (χ2v) is 5.01. The quantitative estimate of drug-likeness (QED) is 0.637. The van der Waals surface area contributed by atoms with Crippen LogP contribution in [0.5, 0.6) is 11.5 Å². The third-order valence-corrected chi connectivity index (χ3v) is 3.38. The first kappa shape index (κ1) is 14.1. The Morgan fingerprint density at radius 1 is 1.32 bits per heavy atom. The molecule has 0 saturated heterocycles. The van der Waals surface area contributed by atoms with Crippen molar-refractivity contribution >= 4 is 11.5 Å². The highest BCUT2D eigenvalue weighted by atomic mass is 16.6. The number of para-hydroxylation sites is 2.